The van der Waals surface area contributed by atoms with Gasteiger partial charge in [0.25, 0.3) is 5.91 Å². The summed E-state index contributed by atoms with van der Waals surface area (Å²) in [4.78, 5) is 21.2. The molecule has 6 nitrogen and oxygen atoms in total. The molecule has 1 N–H and O–H groups in total. The molecule has 0 radical (unpaired) electrons. The first-order chi connectivity index (χ1) is 12.1. The third-order valence-electron chi connectivity index (χ3n) is 3.94. The zero-order valence-corrected chi connectivity index (χ0v) is 14.3. The number of carbonyl (C=O) groups excluding carboxylic acids is 1. The topological polar surface area (TPSA) is 73.3 Å². The van der Waals surface area contributed by atoms with E-state index in [0.717, 1.165) is 11.1 Å². The number of rotatable bonds is 5. The van der Waals surface area contributed by atoms with Gasteiger partial charge in [0.1, 0.15) is 17.2 Å². The number of hydrogen-bond donors (Lipinski definition) is 1. The van der Waals surface area contributed by atoms with Crippen LogP contribution in [0.5, 0.6) is 11.5 Å². The summed E-state index contributed by atoms with van der Waals surface area (Å²) < 4.78 is 10.6. The fourth-order valence-corrected chi connectivity index (χ4v) is 2.59. The summed E-state index contributed by atoms with van der Waals surface area (Å²) in [7, 11) is 3.18. The third-order valence-corrected chi connectivity index (χ3v) is 3.94. The molecule has 1 heterocycles. The van der Waals surface area contributed by atoms with Gasteiger partial charge in [-0.05, 0) is 31.2 Å². The number of fused-ring (bicyclic) bond motifs is 1. The van der Waals surface area contributed by atoms with Crippen molar-refractivity contribution in [2.45, 2.75) is 13.0 Å². The maximum atomic E-state index is 12.5. The Morgan fingerprint density at radius 2 is 1.84 bits per heavy atom. The fraction of sp³-hybridized carbons (Fsp3) is 0.211. The van der Waals surface area contributed by atoms with Gasteiger partial charge in [0.05, 0.1) is 37.5 Å². The van der Waals surface area contributed by atoms with Gasteiger partial charge >= 0.3 is 0 Å². The summed E-state index contributed by atoms with van der Waals surface area (Å²) in [5, 5.41) is 2.93. The Morgan fingerprint density at radius 3 is 2.56 bits per heavy atom. The second kappa shape index (κ2) is 7.17. The molecule has 6 heteroatoms. The van der Waals surface area contributed by atoms with Crippen molar-refractivity contribution in [3.63, 3.8) is 0 Å². The fourth-order valence-electron chi connectivity index (χ4n) is 2.59. The van der Waals surface area contributed by atoms with E-state index in [9.17, 15) is 4.79 Å². The number of hydrogen-bond acceptors (Lipinski definition) is 5. The zero-order chi connectivity index (χ0) is 17.8. The summed E-state index contributed by atoms with van der Waals surface area (Å²) in [5.41, 5.74) is 2.57. The number of carbonyl (C=O) groups is 1. The highest BCUT2D eigenvalue weighted by molar-refractivity contribution is 5.94. The largest absolute Gasteiger partial charge is 0.497 e. The lowest BCUT2D eigenvalue weighted by atomic mass is 10.1. The SMILES string of the molecule is COc1ccc(C(C)NC(=O)c2cnc3ccccc3n2)c(OC)c1. The number of aromatic nitrogens is 2. The van der Waals surface area contributed by atoms with E-state index in [1.807, 2.05) is 43.3 Å². The molecule has 3 rings (SSSR count). The van der Waals surface area contributed by atoms with Crippen molar-refractivity contribution in [3.05, 3.63) is 59.9 Å². The number of methoxy groups -OCH3 is 2. The molecule has 0 saturated heterocycles. The number of nitrogens with zero attached hydrogens (tertiary/aromatic N) is 2. The second-order valence-corrected chi connectivity index (χ2v) is 5.55. The molecule has 3 aromatic rings. The number of amides is 1. The molecule has 1 atom stereocenters. The smallest absolute Gasteiger partial charge is 0.271 e. The number of nitrogens with one attached hydrogen (secondary N) is 1. The van der Waals surface area contributed by atoms with Gasteiger partial charge in [-0.1, -0.05) is 12.1 Å². The van der Waals surface area contributed by atoms with Crippen LogP contribution in [0.15, 0.2) is 48.7 Å². The van der Waals surface area contributed by atoms with Gasteiger partial charge in [0.2, 0.25) is 0 Å². The van der Waals surface area contributed by atoms with Crippen molar-refractivity contribution in [2.24, 2.45) is 0 Å². The van der Waals surface area contributed by atoms with Gasteiger partial charge < -0.3 is 14.8 Å². The molecule has 0 spiro atoms. The zero-order valence-electron chi connectivity index (χ0n) is 14.3. The van der Waals surface area contributed by atoms with Crippen molar-refractivity contribution in [3.8, 4) is 11.5 Å². The van der Waals surface area contributed by atoms with Crippen LogP contribution in [0.2, 0.25) is 0 Å². The van der Waals surface area contributed by atoms with E-state index in [-0.39, 0.29) is 17.6 Å². The summed E-state index contributed by atoms with van der Waals surface area (Å²) in [6, 6.07) is 12.7. The molecule has 1 amide bonds. The van der Waals surface area contributed by atoms with Gasteiger partial charge in [-0.15, -0.1) is 0 Å². The summed E-state index contributed by atoms with van der Waals surface area (Å²) in [6.07, 6.45) is 1.48. The highest BCUT2D eigenvalue weighted by Crippen LogP contribution is 2.29. The normalized spacial score (nSPS) is 11.8. The van der Waals surface area contributed by atoms with E-state index in [1.54, 1.807) is 20.3 Å². The first-order valence-corrected chi connectivity index (χ1v) is 7.87. The minimum absolute atomic E-state index is 0.262. The highest BCUT2D eigenvalue weighted by atomic mass is 16.5. The minimum Gasteiger partial charge on any atom is -0.497 e. The molecule has 25 heavy (non-hydrogen) atoms. The van der Waals surface area contributed by atoms with E-state index in [0.29, 0.717) is 17.0 Å². The van der Waals surface area contributed by atoms with Crippen LogP contribution in [0.4, 0.5) is 0 Å². The quantitative estimate of drug-likeness (QED) is 0.774. The predicted octanol–water partition coefficient (Wildman–Crippen LogP) is 3.14. The summed E-state index contributed by atoms with van der Waals surface area (Å²) >= 11 is 0. The lowest BCUT2D eigenvalue weighted by Gasteiger charge is -2.18. The molecule has 2 aromatic carbocycles. The Morgan fingerprint density at radius 1 is 1.08 bits per heavy atom. The van der Waals surface area contributed by atoms with Crippen LogP contribution in [-0.4, -0.2) is 30.1 Å². The maximum Gasteiger partial charge on any atom is 0.271 e. The van der Waals surface area contributed by atoms with E-state index in [2.05, 4.69) is 15.3 Å². The first-order valence-electron chi connectivity index (χ1n) is 7.87. The van der Waals surface area contributed by atoms with E-state index >= 15 is 0 Å². The number of para-hydroxylation sites is 2. The predicted molar refractivity (Wildman–Crippen MR) is 95.0 cm³/mol. The Kier molecular flexibility index (Phi) is 4.79. The maximum absolute atomic E-state index is 12.5. The van der Waals surface area contributed by atoms with E-state index < -0.39 is 0 Å². The molecule has 0 bridgehead atoms. The van der Waals surface area contributed by atoms with E-state index in [1.165, 1.54) is 6.20 Å². The first kappa shape index (κ1) is 16.7. The van der Waals surface area contributed by atoms with Crippen molar-refractivity contribution < 1.29 is 14.3 Å². The van der Waals surface area contributed by atoms with Gasteiger partial charge in [0.15, 0.2) is 0 Å². The molecular weight excluding hydrogens is 318 g/mol. The van der Waals surface area contributed by atoms with Crippen LogP contribution in [0.25, 0.3) is 11.0 Å². The molecule has 0 aliphatic carbocycles. The van der Waals surface area contributed by atoms with Crippen LogP contribution >= 0.6 is 0 Å². The average molecular weight is 337 g/mol. The molecule has 0 saturated carbocycles. The average Bonchev–Trinajstić information content (AvgIpc) is 2.66. The summed E-state index contributed by atoms with van der Waals surface area (Å²) in [6.45, 7) is 1.89. The molecule has 1 unspecified atom stereocenters. The van der Waals surface area contributed by atoms with Crippen LogP contribution in [0, 0.1) is 0 Å². The highest BCUT2D eigenvalue weighted by Gasteiger charge is 2.17. The lowest BCUT2D eigenvalue weighted by Crippen LogP contribution is -2.27. The van der Waals surface area contributed by atoms with Crippen molar-refractivity contribution in [2.75, 3.05) is 14.2 Å². The molecular formula is C19H19N3O3. The van der Waals surface area contributed by atoms with Gasteiger partial charge in [-0.25, -0.2) is 4.98 Å². The molecule has 0 aliphatic rings. The summed E-state index contributed by atoms with van der Waals surface area (Å²) in [5.74, 6) is 1.06. The molecule has 128 valence electrons. The van der Waals surface area contributed by atoms with Gasteiger partial charge in [-0.2, -0.15) is 0 Å². The van der Waals surface area contributed by atoms with Gasteiger partial charge in [-0.3, -0.25) is 9.78 Å². The van der Waals surface area contributed by atoms with Crippen LogP contribution in [-0.2, 0) is 0 Å². The second-order valence-electron chi connectivity index (χ2n) is 5.55. The monoisotopic (exact) mass is 337 g/mol. The van der Waals surface area contributed by atoms with Crippen LogP contribution in [0.1, 0.15) is 29.0 Å². The molecule has 0 aliphatic heterocycles. The van der Waals surface area contributed by atoms with Crippen molar-refractivity contribution >= 4 is 16.9 Å². The van der Waals surface area contributed by atoms with Crippen molar-refractivity contribution in [1.82, 2.24) is 15.3 Å². The van der Waals surface area contributed by atoms with Crippen LogP contribution < -0.4 is 14.8 Å². The third kappa shape index (κ3) is 3.52. The lowest BCUT2D eigenvalue weighted by molar-refractivity contribution is 0.0934. The van der Waals surface area contributed by atoms with Crippen molar-refractivity contribution in [1.29, 1.82) is 0 Å². The minimum atomic E-state index is -0.288. The number of ether oxygens (including phenoxy) is 2. The Hall–Kier alpha value is -3.15. The Labute approximate surface area is 145 Å². The van der Waals surface area contributed by atoms with Crippen LogP contribution in [0.3, 0.4) is 0 Å². The van der Waals surface area contributed by atoms with E-state index in [4.69, 9.17) is 9.47 Å². The number of benzene rings is 2. The van der Waals surface area contributed by atoms with Gasteiger partial charge in [0, 0.05) is 11.6 Å². The molecule has 1 aromatic heterocycles. The standard InChI is InChI=1S/C19H19N3O3/c1-12(14-9-8-13(24-2)10-18(14)25-3)21-19(23)17-11-20-15-6-4-5-7-16(15)22-17/h4-12H,1-3H3,(H,21,23). The molecule has 0 fully saturated rings. The Bertz CT molecular complexity index is 911. The Balaban J connectivity index is 1.82.